The number of primary sulfonamides is 1. The predicted molar refractivity (Wildman–Crippen MR) is 104 cm³/mol. The Morgan fingerprint density at radius 2 is 2.07 bits per heavy atom. The molecule has 0 bridgehead atoms. The Hall–Kier alpha value is -2.20. The second kappa shape index (κ2) is 7.81. The third kappa shape index (κ3) is 4.38. The molecular weight excluding hydrogens is 436 g/mol. The summed E-state index contributed by atoms with van der Waals surface area (Å²) in [4.78, 5) is 12.9. The van der Waals surface area contributed by atoms with Crippen LogP contribution in [-0.4, -0.2) is 27.1 Å². The minimum absolute atomic E-state index is 0.0345. The molecule has 0 saturated heterocycles. The summed E-state index contributed by atoms with van der Waals surface area (Å²) < 4.78 is 35.1. The van der Waals surface area contributed by atoms with Gasteiger partial charge in [0, 0.05) is 23.0 Å². The number of carbonyl (C=O) groups is 1. The summed E-state index contributed by atoms with van der Waals surface area (Å²) in [6, 6.07) is 11.1. The molecule has 0 fully saturated rings. The van der Waals surface area contributed by atoms with Gasteiger partial charge in [0.2, 0.25) is 22.1 Å². The molecule has 3 rings (SSSR count). The monoisotopic (exact) mass is 452 g/mol. The number of carbonyl (C=O) groups excluding carboxylic acids is 1. The molecule has 0 saturated carbocycles. The van der Waals surface area contributed by atoms with E-state index in [1.807, 2.05) is 0 Å². The molecule has 0 spiro atoms. The van der Waals surface area contributed by atoms with Crippen LogP contribution in [0.15, 0.2) is 63.6 Å². The van der Waals surface area contributed by atoms with Crippen LogP contribution in [0.2, 0.25) is 0 Å². The highest BCUT2D eigenvalue weighted by Gasteiger charge is 2.32. The van der Waals surface area contributed by atoms with Gasteiger partial charge in [0.05, 0.1) is 16.0 Å². The van der Waals surface area contributed by atoms with Crippen molar-refractivity contribution in [3.8, 4) is 5.75 Å². The Morgan fingerprint density at radius 1 is 1.30 bits per heavy atom. The van der Waals surface area contributed by atoms with Gasteiger partial charge >= 0.3 is 0 Å². The second-order valence-corrected chi connectivity index (χ2v) is 8.17. The lowest BCUT2D eigenvalue weighted by Gasteiger charge is -2.27. The highest BCUT2D eigenvalue weighted by atomic mass is 79.9. The molecule has 1 heterocycles. The zero-order chi connectivity index (χ0) is 19.6. The molecule has 27 heavy (non-hydrogen) atoms. The predicted octanol–water partition coefficient (Wildman–Crippen LogP) is 3.03. The Morgan fingerprint density at radius 3 is 2.78 bits per heavy atom. The van der Waals surface area contributed by atoms with Gasteiger partial charge in [-0.3, -0.25) is 4.79 Å². The minimum Gasteiger partial charge on any atom is -0.460 e. The van der Waals surface area contributed by atoms with Gasteiger partial charge in [0.1, 0.15) is 5.75 Å². The van der Waals surface area contributed by atoms with E-state index in [0.717, 1.165) is 4.47 Å². The second-order valence-electron chi connectivity index (χ2n) is 5.69. The van der Waals surface area contributed by atoms with Gasteiger partial charge < -0.3 is 14.8 Å². The number of nitrogens with two attached hydrogens (primary N) is 1. The fourth-order valence-electron chi connectivity index (χ4n) is 2.56. The Bertz CT molecular complexity index is 1020. The van der Waals surface area contributed by atoms with Gasteiger partial charge in [0.25, 0.3) is 0 Å². The van der Waals surface area contributed by atoms with Crippen LogP contribution in [0.25, 0.3) is 0 Å². The van der Waals surface area contributed by atoms with E-state index in [0.29, 0.717) is 23.6 Å². The zero-order valence-corrected chi connectivity index (χ0v) is 16.7. The first-order valence-electron chi connectivity index (χ1n) is 8.01. The molecule has 1 aliphatic rings. The molecule has 3 N–H and O–H groups in total. The smallest absolute Gasteiger partial charge is 0.238 e. The molecule has 0 radical (unpaired) electrons. The Kier molecular flexibility index (Phi) is 5.66. The number of rotatable bonds is 5. The van der Waals surface area contributed by atoms with Crippen molar-refractivity contribution in [2.45, 2.75) is 18.1 Å². The van der Waals surface area contributed by atoms with Crippen molar-refractivity contribution >= 4 is 37.4 Å². The molecular formula is C18H17BrN2O5S. The summed E-state index contributed by atoms with van der Waals surface area (Å²) in [7, 11) is -3.83. The molecule has 1 aliphatic heterocycles. The van der Waals surface area contributed by atoms with Crippen LogP contribution in [0, 0.1) is 0 Å². The number of Topliss-reactive ketones (excluding diaryl/α,β-unsaturated/α-hetero) is 1. The summed E-state index contributed by atoms with van der Waals surface area (Å²) >= 11 is 3.34. The van der Waals surface area contributed by atoms with Crippen LogP contribution in [-0.2, 0) is 14.8 Å². The van der Waals surface area contributed by atoms with Crippen LogP contribution in [0.3, 0.4) is 0 Å². The number of ether oxygens (including phenoxy) is 2. The molecule has 2 aromatic rings. The molecule has 0 amide bonds. The minimum atomic E-state index is -3.83. The lowest BCUT2D eigenvalue weighted by Crippen LogP contribution is -2.33. The normalized spacial score (nSPS) is 18.1. The Balaban J connectivity index is 1.94. The van der Waals surface area contributed by atoms with Gasteiger partial charge in [-0.1, -0.05) is 22.0 Å². The summed E-state index contributed by atoms with van der Waals surface area (Å²) in [5.74, 6) is 0.195. The van der Waals surface area contributed by atoms with Crippen molar-refractivity contribution in [3.63, 3.8) is 0 Å². The maximum absolute atomic E-state index is 12.9. The molecule has 2 aromatic carbocycles. The standard InChI is InChI=1S/C18H17BrN2O5S/c1-2-25-18-15(17(22)14-8-11(19)6-7-16(14)26-18)10-21-12-4-3-5-13(9-12)27(20,23)24/h3-10,18,21H,2H2,1H3,(H2,20,23,24)/b15-10-. The molecule has 0 aromatic heterocycles. The van der Waals surface area contributed by atoms with Crippen LogP contribution >= 0.6 is 15.9 Å². The quantitative estimate of drug-likeness (QED) is 0.674. The molecule has 1 atom stereocenters. The maximum Gasteiger partial charge on any atom is 0.238 e. The third-order valence-electron chi connectivity index (χ3n) is 3.81. The van der Waals surface area contributed by atoms with Crippen LogP contribution in [0.1, 0.15) is 17.3 Å². The first-order valence-corrected chi connectivity index (χ1v) is 10.4. The fraction of sp³-hybridized carbons (Fsp3) is 0.167. The summed E-state index contributed by atoms with van der Waals surface area (Å²) in [5, 5.41) is 8.06. The van der Waals surface area contributed by atoms with Gasteiger partial charge in [0.15, 0.2) is 0 Å². The van der Waals surface area contributed by atoms with Crippen molar-refractivity contribution in [2.75, 3.05) is 11.9 Å². The largest absolute Gasteiger partial charge is 0.460 e. The van der Waals surface area contributed by atoms with Crippen LogP contribution < -0.4 is 15.2 Å². The van der Waals surface area contributed by atoms with Crippen molar-refractivity contribution < 1.29 is 22.7 Å². The first-order chi connectivity index (χ1) is 12.8. The third-order valence-corrected chi connectivity index (χ3v) is 5.22. The van der Waals surface area contributed by atoms with E-state index in [4.69, 9.17) is 14.6 Å². The van der Waals surface area contributed by atoms with Crippen LogP contribution in [0.5, 0.6) is 5.75 Å². The van der Waals surface area contributed by atoms with Crippen molar-refractivity contribution in [1.29, 1.82) is 0 Å². The van der Waals surface area contributed by atoms with E-state index in [9.17, 15) is 13.2 Å². The van der Waals surface area contributed by atoms with E-state index in [1.54, 1.807) is 37.3 Å². The number of benzene rings is 2. The van der Waals surface area contributed by atoms with E-state index in [-0.39, 0.29) is 16.3 Å². The number of anilines is 1. The summed E-state index contributed by atoms with van der Waals surface area (Å²) in [6.07, 6.45) is 0.583. The summed E-state index contributed by atoms with van der Waals surface area (Å²) in [6.45, 7) is 2.15. The first kappa shape index (κ1) is 19.6. The van der Waals surface area contributed by atoms with Gasteiger partial charge in [-0.05, 0) is 43.3 Å². The van der Waals surface area contributed by atoms with E-state index in [1.165, 1.54) is 18.3 Å². The van der Waals surface area contributed by atoms with Crippen LogP contribution in [0.4, 0.5) is 5.69 Å². The number of fused-ring (bicyclic) bond motifs is 1. The molecule has 9 heteroatoms. The van der Waals surface area contributed by atoms with E-state index in [2.05, 4.69) is 21.2 Å². The van der Waals surface area contributed by atoms with Crippen molar-refractivity contribution in [2.24, 2.45) is 5.14 Å². The highest BCUT2D eigenvalue weighted by Crippen LogP contribution is 2.33. The average molecular weight is 453 g/mol. The molecule has 0 aliphatic carbocycles. The number of hydrogen-bond donors (Lipinski definition) is 2. The average Bonchev–Trinajstić information content (AvgIpc) is 2.62. The number of sulfonamides is 1. The number of halogens is 1. The van der Waals surface area contributed by atoms with Crippen molar-refractivity contribution in [1.82, 2.24) is 0 Å². The fourth-order valence-corrected chi connectivity index (χ4v) is 3.48. The topological polar surface area (TPSA) is 108 Å². The van der Waals surface area contributed by atoms with Crippen molar-refractivity contribution in [3.05, 3.63) is 64.3 Å². The van der Waals surface area contributed by atoms with E-state index >= 15 is 0 Å². The lowest BCUT2D eigenvalue weighted by atomic mass is 10.00. The number of nitrogens with one attached hydrogen (secondary N) is 1. The number of hydrogen-bond acceptors (Lipinski definition) is 6. The van der Waals surface area contributed by atoms with Gasteiger partial charge in [-0.2, -0.15) is 0 Å². The molecule has 142 valence electrons. The SMILES string of the molecule is CCOC1Oc2ccc(Br)cc2C(=O)/C1=C/Nc1cccc(S(N)(=O)=O)c1. The Labute approximate surface area is 165 Å². The molecule has 1 unspecified atom stereocenters. The van der Waals surface area contributed by atoms with E-state index < -0.39 is 16.3 Å². The zero-order valence-electron chi connectivity index (χ0n) is 14.3. The molecule has 7 nitrogen and oxygen atoms in total. The number of ketones is 1. The lowest BCUT2D eigenvalue weighted by molar-refractivity contribution is -0.0509. The van der Waals surface area contributed by atoms with Gasteiger partial charge in [-0.15, -0.1) is 0 Å². The van der Waals surface area contributed by atoms with Gasteiger partial charge in [-0.25, -0.2) is 13.6 Å². The maximum atomic E-state index is 12.9. The highest BCUT2D eigenvalue weighted by molar-refractivity contribution is 9.10. The summed E-state index contributed by atoms with van der Waals surface area (Å²) in [5.41, 5.74) is 1.13.